The summed E-state index contributed by atoms with van der Waals surface area (Å²) in [6.45, 7) is 1.83. The highest BCUT2D eigenvalue weighted by atomic mass is 35.5. The van der Waals surface area contributed by atoms with E-state index in [1.54, 1.807) is 18.2 Å². The number of methoxy groups -OCH3 is 2. The number of amides is 1. The fraction of sp³-hybridized carbons (Fsp3) is 0.385. The Morgan fingerprint density at radius 3 is 2.40 bits per heavy atom. The lowest BCUT2D eigenvalue weighted by atomic mass is 9.88. The van der Waals surface area contributed by atoms with E-state index in [2.05, 4.69) is 35.6 Å². The summed E-state index contributed by atoms with van der Waals surface area (Å²) in [4.78, 5) is 35.4. The Bertz CT molecular complexity index is 1460. The average Bonchev–Trinajstić information content (AvgIpc) is 3.39. The molecule has 4 heterocycles. The van der Waals surface area contributed by atoms with Gasteiger partial charge in [-0.15, -0.1) is 0 Å². The van der Waals surface area contributed by atoms with Gasteiger partial charge < -0.3 is 36.1 Å². The van der Waals surface area contributed by atoms with Crippen molar-refractivity contribution in [3.05, 3.63) is 52.6 Å². The molecule has 2 aliphatic rings. The summed E-state index contributed by atoms with van der Waals surface area (Å²) in [6, 6.07) is 8.79. The van der Waals surface area contributed by atoms with Gasteiger partial charge in [0.05, 0.1) is 32.4 Å². The SMILES string of the molecule is COc1cc(OC)nc(COc2ccc(C(O)N3CCC4(CC3)CN=C(NC(=O)c3nc(Cl)c(N)nc3N)N4)cc2)n1. The van der Waals surface area contributed by atoms with Crippen LogP contribution in [-0.2, 0) is 6.61 Å². The van der Waals surface area contributed by atoms with Gasteiger partial charge in [0.1, 0.15) is 18.6 Å². The molecule has 0 aliphatic carbocycles. The summed E-state index contributed by atoms with van der Waals surface area (Å²) in [7, 11) is 3.03. The molecule has 1 aromatic carbocycles. The van der Waals surface area contributed by atoms with Crippen molar-refractivity contribution in [2.45, 2.75) is 31.2 Å². The molecule has 1 spiro atoms. The number of likely N-dealkylation sites (tertiary alicyclic amines) is 1. The molecule has 1 saturated heterocycles. The molecular formula is C26H31ClN10O5. The van der Waals surface area contributed by atoms with Gasteiger partial charge in [-0.1, -0.05) is 23.7 Å². The summed E-state index contributed by atoms with van der Waals surface area (Å²) in [5.41, 5.74) is 11.6. The van der Waals surface area contributed by atoms with Crippen LogP contribution in [0, 0.1) is 0 Å². The predicted molar refractivity (Wildman–Crippen MR) is 153 cm³/mol. The van der Waals surface area contributed by atoms with Crippen molar-refractivity contribution in [1.82, 2.24) is 35.5 Å². The molecular weight excluding hydrogens is 568 g/mol. The minimum Gasteiger partial charge on any atom is -0.486 e. The normalized spacial score (nSPS) is 16.8. The summed E-state index contributed by atoms with van der Waals surface area (Å²) in [5, 5.41) is 16.9. The van der Waals surface area contributed by atoms with E-state index in [0.717, 1.165) is 5.56 Å². The van der Waals surface area contributed by atoms with Gasteiger partial charge >= 0.3 is 0 Å². The smallest absolute Gasteiger partial charge is 0.280 e. The molecule has 0 saturated carbocycles. The number of hydrogen-bond donors (Lipinski definition) is 5. The molecule has 42 heavy (non-hydrogen) atoms. The zero-order chi connectivity index (χ0) is 29.9. The first-order valence-electron chi connectivity index (χ1n) is 13.0. The second-order valence-corrected chi connectivity index (χ2v) is 10.2. The number of nitrogens with one attached hydrogen (secondary N) is 2. The van der Waals surface area contributed by atoms with Gasteiger partial charge in [0.15, 0.2) is 34.3 Å². The fourth-order valence-electron chi connectivity index (χ4n) is 4.70. The number of nitrogen functional groups attached to an aromatic ring is 2. The highest BCUT2D eigenvalue weighted by Gasteiger charge is 2.40. The lowest BCUT2D eigenvalue weighted by Gasteiger charge is -2.41. The van der Waals surface area contributed by atoms with Gasteiger partial charge in [-0.2, -0.15) is 9.97 Å². The van der Waals surface area contributed by atoms with Crippen LogP contribution in [0.3, 0.4) is 0 Å². The largest absolute Gasteiger partial charge is 0.486 e. The Balaban J connectivity index is 1.11. The third-order valence-electron chi connectivity index (χ3n) is 7.07. The summed E-state index contributed by atoms with van der Waals surface area (Å²) >= 11 is 5.89. The first-order valence-corrected chi connectivity index (χ1v) is 13.4. The molecule has 3 aromatic rings. The van der Waals surface area contributed by atoms with E-state index in [1.165, 1.54) is 14.2 Å². The maximum Gasteiger partial charge on any atom is 0.280 e. The van der Waals surface area contributed by atoms with Crippen LogP contribution < -0.4 is 36.3 Å². The molecule has 0 radical (unpaired) electrons. The van der Waals surface area contributed by atoms with Gasteiger partial charge in [-0.05, 0) is 30.5 Å². The van der Waals surface area contributed by atoms with E-state index >= 15 is 0 Å². The second-order valence-electron chi connectivity index (χ2n) is 9.79. The molecule has 2 aromatic heterocycles. The number of halogens is 1. The Kier molecular flexibility index (Phi) is 8.42. The van der Waals surface area contributed by atoms with Crippen LogP contribution in [0.25, 0.3) is 0 Å². The first-order chi connectivity index (χ1) is 20.2. The molecule has 15 nitrogen and oxygen atoms in total. The van der Waals surface area contributed by atoms with Gasteiger partial charge in [0, 0.05) is 13.1 Å². The topological polar surface area (TPSA) is 208 Å². The van der Waals surface area contributed by atoms with Crippen molar-refractivity contribution in [3.8, 4) is 17.5 Å². The number of nitrogens with zero attached hydrogens (tertiary/aromatic N) is 6. The molecule has 2 aliphatic heterocycles. The third kappa shape index (κ3) is 6.37. The number of aliphatic imine (C=N–C) groups is 1. The van der Waals surface area contributed by atoms with Crippen molar-refractivity contribution in [2.24, 2.45) is 4.99 Å². The monoisotopic (exact) mass is 598 g/mol. The Labute approximate surface area is 246 Å². The molecule has 1 fully saturated rings. The molecule has 7 N–H and O–H groups in total. The predicted octanol–water partition coefficient (Wildman–Crippen LogP) is 0.895. The van der Waals surface area contributed by atoms with Crippen LogP contribution in [-0.4, -0.2) is 81.2 Å². The van der Waals surface area contributed by atoms with E-state index < -0.39 is 12.1 Å². The number of anilines is 2. The Morgan fingerprint density at radius 1 is 1.10 bits per heavy atom. The summed E-state index contributed by atoms with van der Waals surface area (Å²) in [6.07, 6.45) is 0.613. The Hall–Kier alpha value is -4.47. The standard InChI is InChI=1S/C26H31ClN10O5/c1-40-17-11-18(41-2)32-16(31-17)12-42-15-5-3-14(4-6-15)24(39)37-9-7-26(8-10-37)13-30-25(36-26)35-23(38)19-21(28)34-22(29)20(27)33-19/h3-6,11,24,39H,7-10,12-13H2,1-2H3,(H4,28,29,34)(H2,30,35,36,38). The lowest BCUT2D eigenvalue weighted by Crippen LogP contribution is -2.56. The average molecular weight is 599 g/mol. The lowest BCUT2D eigenvalue weighted by molar-refractivity contribution is -0.0232. The van der Waals surface area contributed by atoms with Crippen molar-refractivity contribution >= 4 is 35.1 Å². The van der Waals surface area contributed by atoms with Gasteiger partial charge in [0.25, 0.3) is 5.91 Å². The van der Waals surface area contributed by atoms with Crippen LogP contribution in [0.4, 0.5) is 11.6 Å². The molecule has 1 unspecified atom stereocenters. The summed E-state index contributed by atoms with van der Waals surface area (Å²) in [5.74, 6) is 1.31. The van der Waals surface area contributed by atoms with Crippen LogP contribution in [0.15, 0.2) is 35.3 Å². The van der Waals surface area contributed by atoms with E-state index in [0.29, 0.717) is 61.8 Å². The van der Waals surface area contributed by atoms with Gasteiger partial charge in [-0.3, -0.25) is 20.0 Å². The van der Waals surface area contributed by atoms with Crippen LogP contribution in [0.2, 0.25) is 5.15 Å². The zero-order valence-corrected chi connectivity index (χ0v) is 23.8. The molecule has 0 bridgehead atoms. The molecule has 1 amide bonds. The maximum absolute atomic E-state index is 12.7. The van der Waals surface area contributed by atoms with Crippen molar-refractivity contribution in [1.29, 1.82) is 0 Å². The molecule has 16 heteroatoms. The van der Waals surface area contributed by atoms with Crippen molar-refractivity contribution in [2.75, 3.05) is 45.3 Å². The number of aliphatic hydroxyl groups is 1. The number of hydrogen-bond acceptors (Lipinski definition) is 14. The number of carbonyl (C=O) groups excluding carboxylic acids is 1. The molecule has 1 atom stereocenters. The number of benzene rings is 1. The number of carbonyl (C=O) groups is 1. The number of aromatic nitrogens is 4. The van der Waals surface area contributed by atoms with E-state index in [4.69, 9.17) is 37.3 Å². The quantitative estimate of drug-likeness (QED) is 0.244. The van der Waals surface area contributed by atoms with Crippen LogP contribution >= 0.6 is 11.6 Å². The van der Waals surface area contributed by atoms with E-state index in [9.17, 15) is 9.90 Å². The molecule has 222 valence electrons. The number of guanidine groups is 1. The van der Waals surface area contributed by atoms with Gasteiger partial charge in [0.2, 0.25) is 11.8 Å². The number of piperidine rings is 1. The van der Waals surface area contributed by atoms with Gasteiger partial charge in [-0.25, -0.2) is 9.97 Å². The van der Waals surface area contributed by atoms with Crippen molar-refractivity contribution in [3.63, 3.8) is 0 Å². The van der Waals surface area contributed by atoms with Crippen LogP contribution in [0.1, 0.15) is 40.9 Å². The number of ether oxygens (including phenoxy) is 3. The fourth-order valence-corrected chi connectivity index (χ4v) is 4.83. The maximum atomic E-state index is 12.7. The highest BCUT2D eigenvalue weighted by Crippen LogP contribution is 2.31. The summed E-state index contributed by atoms with van der Waals surface area (Å²) < 4.78 is 16.1. The van der Waals surface area contributed by atoms with Crippen molar-refractivity contribution < 1.29 is 24.1 Å². The minimum absolute atomic E-state index is 0.0554. The van der Waals surface area contributed by atoms with E-state index in [1.807, 2.05) is 17.0 Å². The van der Waals surface area contributed by atoms with E-state index in [-0.39, 0.29) is 34.6 Å². The number of aliphatic hydroxyl groups excluding tert-OH is 1. The number of rotatable bonds is 8. The minimum atomic E-state index is -0.791. The highest BCUT2D eigenvalue weighted by molar-refractivity contribution is 6.31. The Morgan fingerprint density at radius 2 is 1.76 bits per heavy atom. The zero-order valence-electron chi connectivity index (χ0n) is 23.0. The van der Waals surface area contributed by atoms with Crippen LogP contribution in [0.5, 0.6) is 17.5 Å². The molecule has 5 rings (SSSR count). The number of nitrogens with two attached hydrogens (primary N) is 2. The first kappa shape index (κ1) is 29.0. The third-order valence-corrected chi connectivity index (χ3v) is 7.34. The second kappa shape index (κ2) is 12.2.